The fourth-order valence-corrected chi connectivity index (χ4v) is 1.83. The molecular weight excluding hydrogens is 220 g/mol. The van der Waals surface area contributed by atoms with Gasteiger partial charge in [-0.3, -0.25) is 14.8 Å². The molecule has 0 saturated heterocycles. The number of nitrogens with zero attached hydrogens (tertiary/aromatic N) is 5. The number of hydrogen-bond donors (Lipinski definition) is 1. The molecule has 1 aliphatic rings. The molecule has 17 heavy (non-hydrogen) atoms. The Morgan fingerprint density at radius 1 is 1.47 bits per heavy atom. The molecule has 1 fully saturated rings. The van der Waals surface area contributed by atoms with E-state index in [1.807, 2.05) is 12.3 Å². The molecule has 2 aromatic rings. The maximum atomic E-state index is 12.2. The fraction of sp³-hybridized carbons (Fsp3) is 0.400. The molecule has 88 valence electrons. The molecule has 7 heteroatoms. The van der Waals surface area contributed by atoms with Crippen LogP contribution in [0.3, 0.4) is 0 Å². The van der Waals surface area contributed by atoms with Crippen LogP contribution in [0.2, 0.25) is 0 Å². The SMILES string of the molecule is Cn1ncnc1NC(=O)C1(n2cccn2)CC1. The average Bonchev–Trinajstić information content (AvgIpc) is 2.75. The highest BCUT2D eigenvalue weighted by atomic mass is 16.2. The van der Waals surface area contributed by atoms with Crippen molar-refractivity contribution in [3.8, 4) is 0 Å². The van der Waals surface area contributed by atoms with Gasteiger partial charge in [0, 0.05) is 19.4 Å². The third-order valence-corrected chi connectivity index (χ3v) is 3.03. The first-order chi connectivity index (χ1) is 8.22. The lowest BCUT2D eigenvalue weighted by molar-refractivity contribution is -0.120. The number of carbonyl (C=O) groups is 1. The van der Waals surface area contributed by atoms with Crippen molar-refractivity contribution >= 4 is 11.9 Å². The summed E-state index contributed by atoms with van der Waals surface area (Å²) in [5.41, 5.74) is -0.532. The summed E-state index contributed by atoms with van der Waals surface area (Å²) in [4.78, 5) is 16.2. The summed E-state index contributed by atoms with van der Waals surface area (Å²) in [7, 11) is 1.73. The van der Waals surface area contributed by atoms with E-state index >= 15 is 0 Å². The molecule has 1 aliphatic carbocycles. The molecule has 0 atom stereocenters. The van der Waals surface area contributed by atoms with Crippen LogP contribution in [0.25, 0.3) is 0 Å². The Hall–Kier alpha value is -2.18. The zero-order chi connectivity index (χ0) is 11.9. The molecule has 1 amide bonds. The lowest BCUT2D eigenvalue weighted by atomic mass is 10.2. The average molecular weight is 232 g/mol. The largest absolute Gasteiger partial charge is 0.293 e. The highest BCUT2D eigenvalue weighted by Crippen LogP contribution is 2.43. The van der Waals surface area contributed by atoms with E-state index in [0.29, 0.717) is 5.95 Å². The van der Waals surface area contributed by atoms with Crippen molar-refractivity contribution in [2.24, 2.45) is 7.05 Å². The summed E-state index contributed by atoms with van der Waals surface area (Å²) in [6.07, 6.45) is 6.50. The molecule has 1 N–H and O–H groups in total. The van der Waals surface area contributed by atoms with Gasteiger partial charge in [0.05, 0.1) is 0 Å². The normalized spacial score (nSPS) is 16.8. The fourth-order valence-electron chi connectivity index (χ4n) is 1.83. The van der Waals surface area contributed by atoms with Gasteiger partial charge in [-0.25, -0.2) is 4.68 Å². The van der Waals surface area contributed by atoms with Crippen LogP contribution in [0, 0.1) is 0 Å². The third-order valence-electron chi connectivity index (χ3n) is 3.03. The van der Waals surface area contributed by atoms with E-state index in [-0.39, 0.29) is 5.91 Å². The molecule has 0 bridgehead atoms. The maximum Gasteiger partial charge on any atom is 0.254 e. The van der Waals surface area contributed by atoms with Crippen molar-refractivity contribution in [1.82, 2.24) is 24.5 Å². The molecule has 0 spiro atoms. The number of carbonyl (C=O) groups excluding carboxylic acids is 1. The summed E-state index contributed by atoms with van der Waals surface area (Å²) < 4.78 is 3.23. The summed E-state index contributed by atoms with van der Waals surface area (Å²) in [6, 6.07) is 1.82. The minimum atomic E-state index is -0.532. The molecule has 2 heterocycles. The number of aromatic nitrogens is 5. The van der Waals surface area contributed by atoms with Crippen molar-refractivity contribution in [3.63, 3.8) is 0 Å². The lowest BCUT2D eigenvalue weighted by Crippen LogP contribution is -2.34. The van der Waals surface area contributed by atoms with Gasteiger partial charge in [0.1, 0.15) is 11.9 Å². The van der Waals surface area contributed by atoms with Crippen LogP contribution in [-0.2, 0) is 17.4 Å². The topological polar surface area (TPSA) is 77.6 Å². The highest BCUT2D eigenvalue weighted by molar-refractivity contribution is 5.97. The van der Waals surface area contributed by atoms with Crippen LogP contribution in [0.15, 0.2) is 24.8 Å². The van der Waals surface area contributed by atoms with E-state index in [1.54, 1.807) is 17.9 Å². The smallest absolute Gasteiger partial charge is 0.254 e. The first kappa shape index (κ1) is 10.0. The van der Waals surface area contributed by atoms with Crippen LogP contribution in [0.4, 0.5) is 5.95 Å². The first-order valence-corrected chi connectivity index (χ1v) is 5.38. The maximum absolute atomic E-state index is 12.2. The molecule has 1 saturated carbocycles. The Morgan fingerprint density at radius 3 is 2.82 bits per heavy atom. The molecule has 7 nitrogen and oxygen atoms in total. The standard InChI is InChI=1S/C10H12N6O/c1-15-9(11-7-13-15)14-8(17)10(3-4-10)16-6-2-5-12-16/h2,5-7H,3-4H2,1H3,(H,11,13,14,17). The Bertz CT molecular complexity index is 539. The number of anilines is 1. The lowest BCUT2D eigenvalue weighted by Gasteiger charge is -2.14. The number of aryl methyl sites for hydroxylation is 1. The molecule has 3 rings (SSSR count). The van der Waals surface area contributed by atoms with Gasteiger partial charge in [-0.05, 0) is 18.9 Å². The predicted molar refractivity (Wildman–Crippen MR) is 59.1 cm³/mol. The van der Waals surface area contributed by atoms with Crippen molar-refractivity contribution in [3.05, 3.63) is 24.8 Å². The first-order valence-electron chi connectivity index (χ1n) is 5.38. The van der Waals surface area contributed by atoms with Gasteiger partial charge in [0.15, 0.2) is 0 Å². The van der Waals surface area contributed by atoms with Crippen molar-refractivity contribution in [2.75, 3.05) is 5.32 Å². The van der Waals surface area contributed by atoms with Gasteiger partial charge in [-0.15, -0.1) is 0 Å². The van der Waals surface area contributed by atoms with E-state index < -0.39 is 5.54 Å². The molecule has 2 aromatic heterocycles. The summed E-state index contributed by atoms with van der Waals surface area (Å²) >= 11 is 0. The van der Waals surface area contributed by atoms with Crippen LogP contribution in [0.5, 0.6) is 0 Å². The number of amides is 1. The minimum absolute atomic E-state index is 0.0858. The van der Waals surface area contributed by atoms with Crippen molar-refractivity contribution in [2.45, 2.75) is 18.4 Å². The second-order valence-electron chi connectivity index (χ2n) is 4.14. The van der Waals surface area contributed by atoms with Gasteiger partial charge in [-0.1, -0.05) is 0 Å². The van der Waals surface area contributed by atoms with E-state index in [2.05, 4.69) is 20.5 Å². The highest BCUT2D eigenvalue weighted by Gasteiger charge is 2.52. The van der Waals surface area contributed by atoms with E-state index in [4.69, 9.17) is 0 Å². The van der Waals surface area contributed by atoms with Gasteiger partial charge >= 0.3 is 0 Å². The Kier molecular flexibility index (Phi) is 2.01. The molecule has 0 radical (unpaired) electrons. The quantitative estimate of drug-likeness (QED) is 0.816. The summed E-state index contributed by atoms with van der Waals surface area (Å²) in [6.45, 7) is 0. The Balaban J connectivity index is 1.82. The molecule has 0 unspecified atom stereocenters. The monoisotopic (exact) mass is 232 g/mol. The Morgan fingerprint density at radius 2 is 2.29 bits per heavy atom. The van der Waals surface area contributed by atoms with Crippen LogP contribution >= 0.6 is 0 Å². The third kappa shape index (κ3) is 1.50. The minimum Gasteiger partial charge on any atom is -0.293 e. The predicted octanol–water partition coefficient (Wildman–Crippen LogP) is 0.139. The van der Waals surface area contributed by atoms with E-state index in [9.17, 15) is 4.79 Å². The van der Waals surface area contributed by atoms with Crippen LogP contribution in [0.1, 0.15) is 12.8 Å². The van der Waals surface area contributed by atoms with Gasteiger partial charge < -0.3 is 0 Å². The van der Waals surface area contributed by atoms with Crippen LogP contribution < -0.4 is 5.32 Å². The number of nitrogens with one attached hydrogen (secondary N) is 1. The van der Waals surface area contributed by atoms with Crippen molar-refractivity contribution in [1.29, 1.82) is 0 Å². The van der Waals surface area contributed by atoms with Crippen LogP contribution in [-0.4, -0.2) is 30.5 Å². The van der Waals surface area contributed by atoms with Gasteiger partial charge in [0.2, 0.25) is 5.95 Å². The Labute approximate surface area is 97.5 Å². The zero-order valence-corrected chi connectivity index (χ0v) is 9.37. The van der Waals surface area contributed by atoms with E-state index in [0.717, 1.165) is 12.8 Å². The van der Waals surface area contributed by atoms with Gasteiger partial charge in [0.25, 0.3) is 5.91 Å². The van der Waals surface area contributed by atoms with Crippen molar-refractivity contribution < 1.29 is 4.79 Å². The molecular formula is C10H12N6O. The zero-order valence-electron chi connectivity index (χ0n) is 9.37. The number of rotatable bonds is 3. The second-order valence-corrected chi connectivity index (χ2v) is 4.14. The van der Waals surface area contributed by atoms with Gasteiger partial charge in [-0.2, -0.15) is 15.2 Å². The number of hydrogen-bond acceptors (Lipinski definition) is 4. The molecule has 0 aromatic carbocycles. The van der Waals surface area contributed by atoms with E-state index in [1.165, 1.54) is 11.0 Å². The summed E-state index contributed by atoms with van der Waals surface area (Å²) in [5, 5.41) is 10.8. The molecule has 0 aliphatic heterocycles. The summed E-state index contributed by atoms with van der Waals surface area (Å²) in [5.74, 6) is 0.366. The second kappa shape index (κ2) is 3.41.